The number of hydrogen-bond donors (Lipinski definition) is 2. The minimum absolute atomic E-state index is 0.379. The zero-order valence-electron chi connectivity index (χ0n) is 12.9. The molecule has 128 valence electrons. The number of halogens is 2. The monoisotopic (exact) mass is 466 g/mol. The van der Waals surface area contributed by atoms with Crippen molar-refractivity contribution in [3.8, 4) is 5.95 Å². The van der Waals surface area contributed by atoms with Gasteiger partial charge in [-0.05, 0) is 57.0 Å². The predicted molar refractivity (Wildman–Crippen MR) is 97.2 cm³/mol. The largest absolute Gasteiger partial charge is 0.328 e. The quantitative estimate of drug-likeness (QED) is 0.570. The topological polar surface area (TPSA) is 111 Å². The van der Waals surface area contributed by atoms with E-state index in [0.29, 0.717) is 26.7 Å². The molecule has 0 bridgehead atoms. The van der Waals surface area contributed by atoms with Crippen molar-refractivity contribution in [1.82, 2.24) is 35.0 Å². The molecule has 0 aliphatic rings. The summed E-state index contributed by atoms with van der Waals surface area (Å²) >= 11 is 6.56. The molecule has 0 saturated heterocycles. The Labute approximate surface area is 159 Å². The van der Waals surface area contributed by atoms with Crippen LogP contribution in [0.1, 0.15) is 18.8 Å². The second-order valence-corrected chi connectivity index (χ2v) is 6.43. The molecular weight excluding hydrogens is 456 g/mol. The van der Waals surface area contributed by atoms with Crippen LogP contribution in [0.5, 0.6) is 0 Å². The Morgan fingerprint density at radius 1 is 1.20 bits per heavy atom. The van der Waals surface area contributed by atoms with E-state index in [2.05, 4.69) is 67.5 Å². The van der Waals surface area contributed by atoms with Crippen LogP contribution in [0.15, 0.2) is 46.1 Å². The number of carbonyl (C=O) groups is 1. The molecule has 0 unspecified atom stereocenters. The molecule has 0 aliphatic carbocycles. The first kappa shape index (κ1) is 17.4. The van der Waals surface area contributed by atoms with Crippen molar-refractivity contribution in [1.29, 1.82) is 0 Å². The summed E-state index contributed by atoms with van der Waals surface area (Å²) in [5.74, 6) is 0.887. The van der Waals surface area contributed by atoms with Crippen LogP contribution in [0.4, 0.5) is 10.5 Å². The first-order valence-corrected chi connectivity index (χ1v) is 8.70. The molecule has 0 spiro atoms. The molecule has 0 radical (unpaired) electrons. The van der Waals surface area contributed by atoms with Gasteiger partial charge < -0.3 is 10.6 Å². The van der Waals surface area contributed by atoms with Crippen molar-refractivity contribution in [2.24, 2.45) is 0 Å². The molecule has 0 aromatic carbocycles. The highest BCUT2D eigenvalue weighted by atomic mass is 79.9. The fourth-order valence-electron chi connectivity index (χ4n) is 2.03. The van der Waals surface area contributed by atoms with Crippen LogP contribution in [0.2, 0.25) is 0 Å². The Hall–Kier alpha value is -2.40. The van der Waals surface area contributed by atoms with E-state index in [1.165, 1.54) is 11.0 Å². The zero-order valence-corrected chi connectivity index (χ0v) is 16.1. The molecular formula is C14H12Br2N8O. The van der Waals surface area contributed by atoms with Gasteiger partial charge in [0.05, 0.1) is 11.7 Å². The van der Waals surface area contributed by atoms with E-state index in [1.807, 2.05) is 0 Å². The maximum atomic E-state index is 12.2. The average molecular weight is 468 g/mol. The van der Waals surface area contributed by atoms with E-state index in [9.17, 15) is 4.79 Å². The Kier molecular flexibility index (Phi) is 5.34. The second-order valence-electron chi connectivity index (χ2n) is 4.87. The second kappa shape index (κ2) is 7.66. The van der Waals surface area contributed by atoms with Crippen LogP contribution in [0.3, 0.4) is 0 Å². The van der Waals surface area contributed by atoms with Gasteiger partial charge in [0.1, 0.15) is 15.5 Å². The van der Waals surface area contributed by atoms with E-state index >= 15 is 0 Å². The summed E-state index contributed by atoms with van der Waals surface area (Å²) in [6.07, 6.45) is 4.60. The Morgan fingerprint density at radius 3 is 2.68 bits per heavy atom. The number of anilines is 1. The number of aromatic nitrogens is 6. The molecule has 1 atom stereocenters. The van der Waals surface area contributed by atoms with Crippen molar-refractivity contribution in [3.05, 3.63) is 52.0 Å². The molecule has 3 rings (SSSR count). The number of nitrogens with one attached hydrogen (secondary N) is 2. The predicted octanol–water partition coefficient (Wildman–Crippen LogP) is 2.86. The minimum atomic E-state index is -0.423. The molecule has 3 heterocycles. The van der Waals surface area contributed by atoms with Gasteiger partial charge in [0, 0.05) is 12.4 Å². The molecule has 25 heavy (non-hydrogen) atoms. The summed E-state index contributed by atoms with van der Waals surface area (Å²) in [5.41, 5.74) is 0.542. The van der Waals surface area contributed by atoms with E-state index in [4.69, 9.17) is 0 Å². The van der Waals surface area contributed by atoms with E-state index < -0.39 is 12.1 Å². The third-order valence-electron chi connectivity index (χ3n) is 3.11. The Bertz CT molecular complexity index is 886. The standard InChI is InChI=1S/C14H12Br2N8O/c1-8(12-19-7-20-24(12)13-17-5-2-6-18-13)21-14(25)22-9-3-4-10(15)23-11(9)16/h2-8H,1H3,(H2,21,22,25)/t8-/m0/s1. The summed E-state index contributed by atoms with van der Waals surface area (Å²) < 4.78 is 2.65. The summed E-state index contributed by atoms with van der Waals surface area (Å²) in [6, 6.07) is 4.34. The van der Waals surface area contributed by atoms with Gasteiger partial charge in [-0.25, -0.2) is 24.7 Å². The average Bonchev–Trinajstić information content (AvgIpc) is 3.08. The SMILES string of the molecule is C[C@H](NC(=O)Nc1ccc(Br)nc1Br)c1ncnn1-c1ncccn1. The zero-order chi connectivity index (χ0) is 17.8. The molecule has 3 aromatic rings. The lowest BCUT2D eigenvalue weighted by atomic mass is 10.3. The lowest BCUT2D eigenvalue weighted by molar-refractivity contribution is 0.248. The highest BCUT2D eigenvalue weighted by Crippen LogP contribution is 2.22. The maximum Gasteiger partial charge on any atom is 0.319 e. The smallest absolute Gasteiger partial charge is 0.319 e. The molecule has 0 saturated carbocycles. The van der Waals surface area contributed by atoms with Crippen LogP contribution in [0, 0.1) is 0 Å². The molecule has 3 aromatic heterocycles. The molecule has 9 nitrogen and oxygen atoms in total. The molecule has 0 aliphatic heterocycles. The van der Waals surface area contributed by atoms with Gasteiger partial charge in [-0.3, -0.25) is 0 Å². The fraction of sp³-hybridized carbons (Fsp3) is 0.143. The van der Waals surface area contributed by atoms with Crippen molar-refractivity contribution < 1.29 is 4.79 Å². The molecule has 11 heteroatoms. The minimum Gasteiger partial charge on any atom is -0.328 e. The number of rotatable bonds is 4. The van der Waals surface area contributed by atoms with Crippen LogP contribution >= 0.6 is 31.9 Å². The number of carbonyl (C=O) groups excluding carboxylic acids is 1. The van der Waals surface area contributed by atoms with E-state index in [1.54, 1.807) is 37.5 Å². The number of hydrogen-bond acceptors (Lipinski definition) is 6. The molecule has 2 amide bonds. The van der Waals surface area contributed by atoms with E-state index in [0.717, 1.165) is 0 Å². The van der Waals surface area contributed by atoms with Gasteiger partial charge in [-0.2, -0.15) is 9.78 Å². The fourth-order valence-corrected chi connectivity index (χ4v) is 3.00. The van der Waals surface area contributed by atoms with Gasteiger partial charge in [-0.1, -0.05) is 0 Å². The molecule has 0 fully saturated rings. The normalized spacial score (nSPS) is 11.8. The maximum absolute atomic E-state index is 12.2. The van der Waals surface area contributed by atoms with Crippen molar-refractivity contribution in [3.63, 3.8) is 0 Å². The van der Waals surface area contributed by atoms with Crippen molar-refractivity contribution >= 4 is 43.6 Å². The number of pyridine rings is 1. The lowest BCUT2D eigenvalue weighted by Crippen LogP contribution is -2.33. The summed E-state index contributed by atoms with van der Waals surface area (Å²) in [6.45, 7) is 1.79. The first-order chi connectivity index (χ1) is 12.0. The van der Waals surface area contributed by atoms with Crippen LogP contribution in [-0.4, -0.2) is 35.7 Å². The summed E-state index contributed by atoms with van der Waals surface area (Å²) in [7, 11) is 0. The highest BCUT2D eigenvalue weighted by molar-refractivity contribution is 9.11. The number of urea groups is 1. The van der Waals surface area contributed by atoms with E-state index in [-0.39, 0.29) is 0 Å². The molecule has 2 N–H and O–H groups in total. The van der Waals surface area contributed by atoms with Crippen LogP contribution < -0.4 is 10.6 Å². The Balaban J connectivity index is 1.71. The summed E-state index contributed by atoms with van der Waals surface area (Å²) in [4.78, 5) is 28.8. The van der Waals surface area contributed by atoms with Gasteiger partial charge in [0.25, 0.3) is 5.95 Å². The number of nitrogens with zero attached hydrogens (tertiary/aromatic N) is 6. The van der Waals surface area contributed by atoms with Gasteiger partial charge in [0.15, 0.2) is 5.82 Å². The third-order valence-corrected chi connectivity index (χ3v) is 4.16. The van der Waals surface area contributed by atoms with Gasteiger partial charge in [0.2, 0.25) is 0 Å². The lowest BCUT2D eigenvalue weighted by Gasteiger charge is -2.15. The highest BCUT2D eigenvalue weighted by Gasteiger charge is 2.18. The van der Waals surface area contributed by atoms with Crippen molar-refractivity contribution in [2.45, 2.75) is 13.0 Å². The van der Waals surface area contributed by atoms with Crippen LogP contribution in [0.25, 0.3) is 5.95 Å². The third kappa shape index (κ3) is 4.17. The van der Waals surface area contributed by atoms with Gasteiger partial charge >= 0.3 is 6.03 Å². The number of amides is 2. The first-order valence-electron chi connectivity index (χ1n) is 7.11. The summed E-state index contributed by atoms with van der Waals surface area (Å²) in [5, 5.41) is 9.62. The van der Waals surface area contributed by atoms with Gasteiger partial charge in [-0.15, -0.1) is 0 Å². The van der Waals surface area contributed by atoms with Crippen LogP contribution in [-0.2, 0) is 0 Å². The van der Waals surface area contributed by atoms with Crippen molar-refractivity contribution in [2.75, 3.05) is 5.32 Å². The Morgan fingerprint density at radius 2 is 1.96 bits per heavy atom.